The predicted octanol–water partition coefficient (Wildman–Crippen LogP) is 3.70. The summed E-state index contributed by atoms with van der Waals surface area (Å²) in [5.41, 5.74) is 1.51. The van der Waals surface area contributed by atoms with Crippen molar-refractivity contribution in [3.8, 4) is 0 Å². The second kappa shape index (κ2) is 13.3. The van der Waals surface area contributed by atoms with Gasteiger partial charge in [0.25, 0.3) is 0 Å². The maximum Gasteiger partial charge on any atom is 0.248 e. The molecule has 0 radical (unpaired) electrons. The fourth-order valence-electron chi connectivity index (χ4n) is 7.50. The Morgan fingerprint density at radius 1 is 1.20 bits per heavy atom. The Kier molecular flexibility index (Phi) is 9.91. The number of nitrogens with zero attached hydrogens (tertiary/aromatic N) is 6. The lowest BCUT2D eigenvalue weighted by Crippen LogP contribution is -2.58. The first-order chi connectivity index (χ1) is 21.1. The molecule has 2 aromatic rings. The highest BCUT2D eigenvalue weighted by Gasteiger charge is 2.76. The van der Waals surface area contributed by atoms with E-state index in [1.165, 1.54) is 0 Å². The number of carbonyl (C=O) groups is 3. The Morgan fingerprint density at radius 3 is 2.57 bits per heavy atom. The monoisotopic (exact) mass is 686 g/mol. The lowest BCUT2D eigenvalue weighted by atomic mass is 9.70. The van der Waals surface area contributed by atoms with E-state index in [2.05, 4.69) is 39.4 Å². The molecule has 3 aliphatic heterocycles. The number of thioether (sulfide) groups is 1. The SMILES string of the molecule is C=CCN(Cn1nnc2ccccc21)C(=O)C1N([C@@H](CO)CC(C)C)C(=O)[C@@H]2[C@@H](C(=O)N(CC=C)CCC)[C@@H]3SC12CC3Br. The van der Waals surface area contributed by atoms with Crippen LogP contribution in [0.5, 0.6) is 0 Å². The third-order valence-electron chi connectivity index (χ3n) is 9.13. The molecule has 0 saturated carbocycles. The van der Waals surface area contributed by atoms with Gasteiger partial charge in [-0.15, -0.1) is 30.0 Å². The van der Waals surface area contributed by atoms with E-state index in [0.717, 1.165) is 17.5 Å². The van der Waals surface area contributed by atoms with Gasteiger partial charge in [-0.1, -0.05) is 66.2 Å². The number of likely N-dealkylation sites (tertiary alicyclic amines) is 1. The maximum absolute atomic E-state index is 14.9. The van der Waals surface area contributed by atoms with E-state index in [4.69, 9.17) is 0 Å². The second-order valence-corrected chi connectivity index (χ2v) is 15.2. The van der Waals surface area contributed by atoms with Crippen LogP contribution < -0.4 is 0 Å². The standard InChI is InChI=1S/C32H43BrN6O4S/c1-6-13-36(14-7-2)29(41)25-26-30(42)39(21(18-40)16-20(4)5)28(32(26)17-22(33)27(25)44-32)31(43)37(15-8-3)19-38-24-12-10-9-11-23(24)34-35-38/h6,8-12,20-22,25-28,40H,1,3,7,13-19H2,2,4-5H3/t21-,22?,25-,26+,27-,28?,32?/m1/s1. The summed E-state index contributed by atoms with van der Waals surface area (Å²) in [5, 5.41) is 19.1. The highest BCUT2D eigenvalue weighted by molar-refractivity contribution is 9.09. The summed E-state index contributed by atoms with van der Waals surface area (Å²) in [6, 6.07) is 6.14. The zero-order valence-electron chi connectivity index (χ0n) is 25.7. The number of aromatic nitrogens is 3. The Morgan fingerprint density at radius 2 is 1.91 bits per heavy atom. The molecule has 238 valence electrons. The molecule has 1 aromatic heterocycles. The summed E-state index contributed by atoms with van der Waals surface area (Å²) < 4.78 is 0.856. The average molecular weight is 688 g/mol. The van der Waals surface area contributed by atoms with Crippen LogP contribution in [0.4, 0.5) is 0 Å². The van der Waals surface area contributed by atoms with Gasteiger partial charge in [-0.3, -0.25) is 14.4 Å². The Balaban J connectivity index is 1.59. The molecule has 1 N–H and O–H groups in total. The third kappa shape index (κ3) is 5.51. The summed E-state index contributed by atoms with van der Waals surface area (Å²) in [4.78, 5) is 48.9. The smallest absolute Gasteiger partial charge is 0.248 e. The van der Waals surface area contributed by atoms with E-state index in [1.54, 1.807) is 43.3 Å². The topological polar surface area (TPSA) is 112 Å². The van der Waals surface area contributed by atoms with Crippen molar-refractivity contribution in [2.45, 2.75) is 73.6 Å². The Labute approximate surface area is 272 Å². The number of para-hydroxylation sites is 1. The first kappa shape index (κ1) is 32.7. The van der Waals surface area contributed by atoms with Crippen molar-refractivity contribution in [1.82, 2.24) is 29.7 Å². The van der Waals surface area contributed by atoms with Crippen LogP contribution >= 0.6 is 27.7 Å². The van der Waals surface area contributed by atoms with Crippen molar-refractivity contribution in [1.29, 1.82) is 0 Å². The van der Waals surface area contributed by atoms with Crippen LogP contribution in [0, 0.1) is 17.8 Å². The zero-order chi connectivity index (χ0) is 31.8. The van der Waals surface area contributed by atoms with Crippen molar-refractivity contribution < 1.29 is 19.5 Å². The molecule has 3 amide bonds. The van der Waals surface area contributed by atoms with E-state index in [9.17, 15) is 19.5 Å². The van der Waals surface area contributed by atoms with Crippen LogP contribution in [-0.2, 0) is 21.1 Å². The number of benzene rings is 1. The van der Waals surface area contributed by atoms with Gasteiger partial charge >= 0.3 is 0 Å². The number of carbonyl (C=O) groups excluding carboxylic acids is 3. The highest BCUT2D eigenvalue weighted by atomic mass is 79.9. The summed E-state index contributed by atoms with van der Waals surface area (Å²) in [6.45, 7) is 14.9. The molecule has 3 unspecified atom stereocenters. The van der Waals surface area contributed by atoms with Gasteiger partial charge in [0.1, 0.15) is 18.2 Å². The van der Waals surface area contributed by atoms with Crippen LogP contribution in [0.3, 0.4) is 0 Å². The van der Waals surface area contributed by atoms with E-state index in [0.29, 0.717) is 25.9 Å². The van der Waals surface area contributed by atoms with Gasteiger partial charge in [-0.05, 0) is 37.3 Å². The van der Waals surface area contributed by atoms with Crippen LogP contribution in [-0.4, -0.2) is 106 Å². The summed E-state index contributed by atoms with van der Waals surface area (Å²) >= 11 is 5.47. The molecule has 1 aromatic carbocycles. The molecule has 44 heavy (non-hydrogen) atoms. The highest BCUT2D eigenvalue weighted by Crippen LogP contribution is 2.68. The van der Waals surface area contributed by atoms with E-state index in [-0.39, 0.29) is 53.5 Å². The molecule has 3 fully saturated rings. The molecule has 10 nitrogen and oxygen atoms in total. The number of alkyl halides is 1. The average Bonchev–Trinajstić information content (AvgIpc) is 3.72. The van der Waals surface area contributed by atoms with Crippen LogP contribution in [0.15, 0.2) is 49.6 Å². The minimum atomic E-state index is -0.863. The zero-order valence-corrected chi connectivity index (χ0v) is 28.1. The van der Waals surface area contributed by atoms with E-state index < -0.39 is 28.7 Å². The molecule has 12 heteroatoms. The fraction of sp³-hybridized carbons (Fsp3) is 0.594. The summed E-state index contributed by atoms with van der Waals surface area (Å²) in [6.07, 6.45) is 5.27. The van der Waals surface area contributed by atoms with Crippen molar-refractivity contribution in [2.75, 3.05) is 26.2 Å². The maximum atomic E-state index is 14.9. The summed E-state index contributed by atoms with van der Waals surface area (Å²) in [5.74, 6) is -1.59. The molecule has 7 atom stereocenters. The number of aliphatic hydroxyl groups excluding tert-OH is 1. The van der Waals surface area contributed by atoms with Gasteiger partial charge in [0.05, 0.1) is 34.7 Å². The molecule has 2 bridgehead atoms. The van der Waals surface area contributed by atoms with Gasteiger partial charge in [0.15, 0.2) is 0 Å². The molecular formula is C32H43BrN6O4S. The Hall–Kier alpha value is -2.70. The first-order valence-electron chi connectivity index (χ1n) is 15.5. The molecule has 1 spiro atoms. The summed E-state index contributed by atoms with van der Waals surface area (Å²) in [7, 11) is 0. The number of rotatable bonds is 14. The van der Waals surface area contributed by atoms with Gasteiger partial charge in [0.2, 0.25) is 17.7 Å². The third-order valence-corrected chi connectivity index (χ3v) is 12.4. The normalized spacial score (nSPS) is 28.0. The van der Waals surface area contributed by atoms with Gasteiger partial charge < -0.3 is 19.8 Å². The number of hydrogen-bond acceptors (Lipinski definition) is 7. The molecule has 4 heterocycles. The number of aliphatic hydroxyl groups is 1. The van der Waals surface area contributed by atoms with Crippen molar-refractivity contribution in [2.24, 2.45) is 17.8 Å². The van der Waals surface area contributed by atoms with Crippen LogP contribution in [0.1, 0.15) is 40.0 Å². The van der Waals surface area contributed by atoms with Crippen molar-refractivity contribution in [3.63, 3.8) is 0 Å². The lowest BCUT2D eigenvalue weighted by Gasteiger charge is -2.40. The molecule has 3 aliphatic rings. The molecule has 5 rings (SSSR count). The second-order valence-electron chi connectivity index (χ2n) is 12.5. The van der Waals surface area contributed by atoms with E-state index in [1.807, 2.05) is 45.0 Å². The number of amides is 3. The van der Waals surface area contributed by atoms with Crippen LogP contribution in [0.2, 0.25) is 0 Å². The van der Waals surface area contributed by atoms with Crippen LogP contribution in [0.25, 0.3) is 11.0 Å². The van der Waals surface area contributed by atoms with E-state index >= 15 is 0 Å². The van der Waals surface area contributed by atoms with Gasteiger partial charge in [-0.25, -0.2) is 4.68 Å². The van der Waals surface area contributed by atoms with Gasteiger partial charge in [0, 0.05) is 29.7 Å². The quantitative estimate of drug-likeness (QED) is 0.238. The number of halogens is 1. The molecular weight excluding hydrogens is 644 g/mol. The van der Waals surface area contributed by atoms with Crippen molar-refractivity contribution in [3.05, 3.63) is 49.6 Å². The molecule has 0 aliphatic carbocycles. The minimum Gasteiger partial charge on any atom is -0.394 e. The lowest BCUT2D eigenvalue weighted by molar-refractivity contribution is -0.148. The van der Waals surface area contributed by atoms with Gasteiger partial charge in [-0.2, -0.15) is 0 Å². The Bertz CT molecular complexity index is 1420. The largest absolute Gasteiger partial charge is 0.394 e. The van der Waals surface area contributed by atoms with Crippen molar-refractivity contribution >= 4 is 56.4 Å². The molecule has 3 saturated heterocycles. The fourth-order valence-corrected chi connectivity index (χ4v) is 11.1. The number of hydrogen-bond donors (Lipinski definition) is 1. The first-order valence-corrected chi connectivity index (χ1v) is 17.2. The minimum absolute atomic E-state index is 0.0438. The predicted molar refractivity (Wildman–Crippen MR) is 176 cm³/mol. The number of fused-ring (bicyclic) bond motifs is 2.